The van der Waals surface area contributed by atoms with Gasteiger partial charge in [-0.15, -0.1) is 0 Å². The second kappa shape index (κ2) is 13.8. The Hall–Kier alpha value is -1.38. The molecule has 0 spiro atoms. The molecule has 8 nitrogen and oxygen atoms in total. The first kappa shape index (κ1) is 26.8. The van der Waals surface area contributed by atoms with Gasteiger partial charge in [0.15, 0.2) is 6.10 Å². The maximum atomic E-state index is 12.2. The lowest BCUT2D eigenvalue weighted by atomic mass is 10.0. The number of ether oxygens (including phenoxy) is 1. The third kappa shape index (κ3) is 9.94. The molecule has 0 bridgehead atoms. The topological polar surface area (TPSA) is 132 Å². The summed E-state index contributed by atoms with van der Waals surface area (Å²) in [7, 11) is 1.26. The van der Waals surface area contributed by atoms with Gasteiger partial charge in [0.25, 0.3) is 5.91 Å². The molecule has 0 radical (unpaired) electrons. The summed E-state index contributed by atoms with van der Waals surface area (Å²) in [6.45, 7) is 7.36. The predicted molar refractivity (Wildman–Crippen MR) is 93.2 cm³/mol. The van der Waals surface area contributed by atoms with E-state index in [1.165, 1.54) is 14.0 Å². The lowest BCUT2D eigenvalue weighted by molar-refractivity contribution is -0.434. The van der Waals surface area contributed by atoms with Gasteiger partial charge in [-0.3, -0.25) is 9.59 Å². The number of hydrogen-bond acceptors (Lipinski definition) is 5. The number of unbranched alkanes of at least 4 members (excludes halogenated alkanes) is 1. The van der Waals surface area contributed by atoms with Crippen LogP contribution in [0.1, 0.15) is 53.4 Å². The molecule has 26 heavy (non-hydrogen) atoms. The molecule has 2 amide bonds. The second-order valence-electron chi connectivity index (χ2n) is 6.79. The normalized spacial score (nSPS) is 15.2. The summed E-state index contributed by atoms with van der Waals surface area (Å²) in [6.07, 6.45) is 1.60. The van der Waals surface area contributed by atoms with E-state index in [1.807, 2.05) is 20.8 Å². The zero-order valence-corrected chi connectivity index (χ0v) is 17.1. The molecule has 0 aliphatic heterocycles. The van der Waals surface area contributed by atoms with Crippen LogP contribution in [0.4, 0.5) is 0 Å². The number of nitrogens with one attached hydrogen (secondary N) is 2. The van der Waals surface area contributed by atoms with Gasteiger partial charge in [0, 0.05) is 6.42 Å². The van der Waals surface area contributed by atoms with Crippen molar-refractivity contribution in [2.75, 3.05) is 7.11 Å². The Morgan fingerprint density at radius 3 is 2.15 bits per heavy atom. The van der Waals surface area contributed by atoms with Crippen LogP contribution in [0.5, 0.6) is 0 Å². The molecule has 0 saturated carbocycles. The summed E-state index contributed by atoms with van der Waals surface area (Å²) in [4.78, 5) is 36.0. The fourth-order valence-corrected chi connectivity index (χ4v) is 2.33. The first-order valence-electron chi connectivity index (χ1n) is 8.83. The number of aliphatic hydroxyl groups excluding tert-OH is 1. The molecule has 0 aromatic heterocycles. The lowest BCUT2D eigenvalue weighted by Crippen LogP contribution is -3.00. The van der Waals surface area contributed by atoms with Gasteiger partial charge in [-0.25, -0.2) is 4.79 Å². The fraction of sp³-hybridized carbons (Fsp3) is 0.824. The number of methoxy groups -OCH3 is 1. The number of hydrogen-bond donors (Lipinski definition) is 4. The minimum absolute atomic E-state index is 0. The maximum absolute atomic E-state index is 12.2. The molecule has 0 heterocycles. The summed E-state index contributed by atoms with van der Waals surface area (Å²) in [5.74, 6) is -1.50. The third-order valence-corrected chi connectivity index (χ3v) is 3.90. The summed E-state index contributed by atoms with van der Waals surface area (Å²) >= 11 is 0. The number of carbonyl (C=O) groups is 3. The number of esters is 1. The fourth-order valence-electron chi connectivity index (χ4n) is 2.33. The van der Waals surface area contributed by atoms with Crippen LogP contribution in [0.2, 0.25) is 0 Å². The number of quaternary nitrogens is 1. The Morgan fingerprint density at radius 2 is 1.69 bits per heavy atom. The molecule has 0 aromatic carbocycles. The van der Waals surface area contributed by atoms with Crippen LogP contribution in [0.25, 0.3) is 0 Å². The van der Waals surface area contributed by atoms with Crippen LogP contribution in [0, 0.1) is 5.92 Å². The van der Waals surface area contributed by atoms with Crippen LogP contribution in [-0.2, 0) is 19.1 Å². The Morgan fingerprint density at radius 1 is 1.12 bits per heavy atom. The molecular weight excluding hydrogens is 362 g/mol. The van der Waals surface area contributed by atoms with Crippen LogP contribution < -0.4 is 28.8 Å². The Labute approximate surface area is 162 Å². The van der Waals surface area contributed by atoms with Gasteiger partial charge in [-0.05, 0) is 25.7 Å². The van der Waals surface area contributed by atoms with E-state index in [0.29, 0.717) is 12.8 Å². The van der Waals surface area contributed by atoms with Crippen molar-refractivity contribution in [3.63, 3.8) is 0 Å². The molecule has 0 aliphatic carbocycles. The summed E-state index contributed by atoms with van der Waals surface area (Å²) in [6, 6.07) is -2.09. The van der Waals surface area contributed by atoms with E-state index >= 15 is 0 Å². The SMILES string of the molecule is CCCC[C@@H]([NH3+])[C@H](O)C(=O)N[C@@H](C)C(=O)N[C@@H](CC(C)C)C(=O)OC.[Cl-]. The van der Waals surface area contributed by atoms with Crippen molar-refractivity contribution in [2.24, 2.45) is 5.92 Å². The smallest absolute Gasteiger partial charge is 0.328 e. The van der Waals surface area contributed by atoms with Crippen molar-refractivity contribution < 1.29 is 42.4 Å². The minimum atomic E-state index is -1.27. The van der Waals surface area contributed by atoms with Crippen LogP contribution >= 0.6 is 0 Å². The number of amides is 2. The lowest BCUT2D eigenvalue weighted by Gasteiger charge is -2.22. The van der Waals surface area contributed by atoms with Crippen LogP contribution in [-0.4, -0.2) is 54.2 Å². The highest BCUT2D eigenvalue weighted by molar-refractivity contribution is 5.91. The number of rotatable bonds is 11. The average Bonchev–Trinajstić information content (AvgIpc) is 2.56. The molecule has 0 fully saturated rings. The maximum Gasteiger partial charge on any atom is 0.328 e. The van der Waals surface area contributed by atoms with Crippen molar-refractivity contribution in [1.29, 1.82) is 0 Å². The monoisotopic (exact) mass is 395 g/mol. The number of aliphatic hydroxyl groups is 1. The molecule has 9 heteroatoms. The quantitative estimate of drug-likeness (QED) is 0.268. The predicted octanol–water partition coefficient (Wildman–Crippen LogP) is -3.64. The molecule has 0 aliphatic rings. The molecule has 0 unspecified atom stereocenters. The molecular formula is C17H34ClN3O5. The summed E-state index contributed by atoms with van der Waals surface area (Å²) in [5, 5.41) is 15.0. The summed E-state index contributed by atoms with van der Waals surface area (Å²) < 4.78 is 4.69. The van der Waals surface area contributed by atoms with Crippen LogP contribution in [0.15, 0.2) is 0 Å². The largest absolute Gasteiger partial charge is 1.00 e. The van der Waals surface area contributed by atoms with Gasteiger partial charge in [-0.1, -0.05) is 27.2 Å². The van der Waals surface area contributed by atoms with Crippen LogP contribution in [0.3, 0.4) is 0 Å². The van der Waals surface area contributed by atoms with E-state index < -0.39 is 42.0 Å². The van der Waals surface area contributed by atoms with Crippen molar-refractivity contribution in [1.82, 2.24) is 10.6 Å². The zero-order chi connectivity index (χ0) is 19.6. The Bertz CT molecular complexity index is 448. The molecule has 154 valence electrons. The first-order chi connectivity index (χ1) is 11.6. The van der Waals surface area contributed by atoms with E-state index in [1.54, 1.807) is 0 Å². The third-order valence-electron chi connectivity index (χ3n) is 3.90. The average molecular weight is 396 g/mol. The molecule has 6 N–H and O–H groups in total. The molecule has 0 aromatic rings. The van der Waals surface area contributed by atoms with E-state index in [0.717, 1.165) is 12.8 Å². The van der Waals surface area contributed by atoms with Crippen molar-refractivity contribution in [3.8, 4) is 0 Å². The zero-order valence-electron chi connectivity index (χ0n) is 16.4. The Kier molecular flexibility index (Phi) is 14.2. The minimum Gasteiger partial charge on any atom is -1.00 e. The number of carbonyl (C=O) groups excluding carboxylic acids is 3. The van der Waals surface area contributed by atoms with E-state index in [9.17, 15) is 19.5 Å². The van der Waals surface area contributed by atoms with Gasteiger partial charge in [0.1, 0.15) is 18.1 Å². The van der Waals surface area contributed by atoms with E-state index in [2.05, 4.69) is 16.4 Å². The Balaban J connectivity index is 0. The second-order valence-corrected chi connectivity index (χ2v) is 6.79. The van der Waals surface area contributed by atoms with Gasteiger partial charge in [-0.2, -0.15) is 0 Å². The van der Waals surface area contributed by atoms with Crippen molar-refractivity contribution >= 4 is 17.8 Å². The van der Waals surface area contributed by atoms with E-state index in [4.69, 9.17) is 4.74 Å². The highest BCUT2D eigenvalue weighted by Gasteiger charge is 2.30. The van der Waals surface area contributed by atoms with Gasteiger partial charge in [0.2, 0.25) is 5.91 Å². The van der Waals surface area contributed by atoms with Crippen molar-refractivity contribution in [2.45, 2.75) is 77.6 Å². The highest BCUT2D eigenvalue weighted by Crippen LogP contribution is 2.07. The van der Waals surface area contributed by atoms with Gasteiger partial charge in [0.05, 0.1) is 7.11 Å². The highest BCUT2D eigenvalue weighted by atomic mass is 35.5. The standard InChI is InChI=1S/C17H33N3O5.ClH/c1-6-7-8-12(18)14(21)16(23)19-11(4)15(22)20-13(9-10(2)3)17(24)25-5;/h10-14,21H,6-9,18H2,1-5H3,(H,19,23)(H,20,22);1H/t11-,12+,13-,14-;/m0./s1. The number of halogens is 1. The molecule has 4 atom stereocenters. The van der Waals surface area contributed by atoms with Gasteiger partial charge >= 0.3 is 5.97 Å². The first-order valence-corrected chi connectivity index (χ1v) is 8.83. The molecule has 0 rings (SSSR count). The van der Waals surface area contributed by atoms with E-state index in [-0.39, 0.29) is 18.3 Å². The van der Waals surface area contributed by atoms with Gasteiger partial charge < -0.3 is 38.6 Å². The molecule has 0 saturated heterocycles. The van der Waals surface area contributed by atoms with Crippen molar-refractivity contribution in [3.05, 3.63) is 0 Å². The summed E-state index contributed by atoms with van der Waals surface area (Å²) in [5.41, 5.74) is 3.79.